The second-order valence-corrected chi connectivity index (χ2v) is 5.73. The van der Waals surface area contributed by atoms with Crippen LogP contribution in [0.25, 0.3) is 22.6 Å². The molecule has 6 heteroatoms. The molecule has 0 saturated carbocycles. The van der Waals surface area contributed by atoms with Gasteiger partial charge in [0.15, 0.2) is 5.76 Å². The molecule has 0 fully saturated rings. The number of benzene rings is 2. The van der Waals surface area contributed by atoms with E-state index in [4.69, 9.17) is 32.5 Å². The van der Waals surface area contributed by atoms with Gasteiger partial charge in [-0.15, -0.1) is 0 Å². The van der Waals surface area contributed by atoms with E-state index >= 15 is 0 Å². The number of halogens is 2. The summed E-state index contributed by atoms with van der Waals surface area (Å²) in [4.78, 5) is 12.5. The number of hydrogen-bond donors (Lipinski definition) is 0. The molecule has 122 valence electrons. The van der Waals surface area contributed by atoms with Crippen LogP contribution in [-0.2, 0) is 4.74 Å². The van der Waals surface area contributed by atoms with Crippen molar-refractivity contribution in [2.45, 2.75) is 6.92 Å². The number of esters is 1. The molecule has 0 aliphatic rings. The highest BCUT2D eigenvalue weighted by molar-refractivity contribution is 6.39. The zero-order chi connectivity index (χ0) is 17.1. The van der Waals surface area contributed by atoms with Gasteiger partial charge >= 0.3 is 5.97 Å². The van der Waals surface area contributed by atoms with Gasteiger partial charge < -0.3 is 9.26 Å². The smallest absolute Gasteiger partial charge is 0.344 e. The molecular formula is C18H13Cl2NO3. The Bertz CT molecular complexity index is 855. The van der Waals surface area contributed by atoms with Gasteiger partial charge in [-0.1, -0.05) is 64.8 Å². The minimum absolute atomic E-state index is 0.207. The Kier molecular flexibility index (Phi) is 4.88. The van der Waals surface area contributed by atoms with Gasteiger partial charge in [0.2, 0.25) is 0 Å². The van der Waals surface area contributed by atoms with Gasteiger partial charge in [-0.05, 0) is 19.1 Å². The van der Waals surface area contributed by atoms with E-state index in [2.05, 4.69) is 5.16 Å². The predicted molar refractivity (Wildman–Crippen MR) is 93.4 cm³/mol. The first-order chi connectivity index (χ1) is 11.6. The number of rotatable bonds is 4. The maximum absolute atomic E-state index is 12.5. The number of nitrogens with zero attached hydrogens (tertiary/aromatic N) is 1. The van der Waals surface area contributed by atoms with Crippen LogP contribution < -0.4 is 0 Å². The molecule has 0 bridgehead atoms. The van der Waals surface area contributed by atoms with Gasteiger partial charge in [0, 0.05) is 11.1 Å². The van der Waals surface area contributed by atoms with Gasteiger partial charge in [-0.2, -0.15) is 0 Å². The van der Waals surface area contributed by atoms with Crippen molar-refractivity contribution < 1.29 is 14.1 Å². The first kappa shape index (κ1) is 16.6. The lowest BCUT2D eigenvalue weighted by Gasteiger charge is -2.07. The summed E-state index contributed by atoms with van der Waals surface area (Å²) in [6.07, 6.45) is 0. The van der Waals surface area contributed by atoms with Crippen LogP contribution in [0.4, 0.5) is 0 Å². The third kappa shape index (κ3) is 3.03. The van der Waals surface area contributed by atoms with E-state index in [0.29, 0.717) is 26.9 Å². The molecule has 3 aromatic rings. The van der Waals surface area contributed by atoms with E-state index < -0.39 is 5.97 Å². The molecule has 0 aliphatic heterocycles. The number of carbonyl (C=O) groups excluding carboxylic acids is 1. The van der Waals surface area contributed by atoms with Crippen molar-refractivity contribution >= 4 is 29.2 Å². The topological polar surface area (TPSA) is 52.3 Å². The maximum Gasteiger partial charge on any atom is 0.344 e. The molecule has 0 radical (unpaired) electrons. The van der Waals surface area contributed by atoms with Crippen molar-refractivity contribution in [2.24, 2.45) is 0 Å². The van der Waals surface area contributed by atoms with Gasteiger partial charge in [-0.3, -0.25) is 0 Å². The summed E-state index contributed by atoms with van der Waals surface area (Å²) in [5, 5.41) is 4.79. The SMILES string of the molecule is CCOC(=O)c1c(-c2c(Cl)cccc2Cl)noc1-c1ccccc1. The number of ether oxygens (including phenoxy) is 1. The van der Waals surface area contributed by atoms with Crippen molar-refractivity contribution in [3.05, 3.63) is 64.1 Å². The standard InChI is InChI=1S/C18H13Cl2NO3/c1-2-23-18(22)15-16(14-12(19)9-6-10-13(14)20)21-24-17(15)11-7-4-3-5-8-11/h3-10H,2H2,1H3. The minimum atomic E-state index is -0.538. The van der Waals surface area contributed by atoms with Gasteiger partial charge in [-0.25, -0.2) is 4.79 Å². The van der Waals surface area contributed by atoms with Crippen LogP contribution in [-0.4, -0.2) is 17.7 Å². The molecule has 0 amide bonds. The number of aromatic nitrogens is 1. The van der Waals surface area contributed by atoms with E-state index in [1.807, 2.05) is 30.3 Å². The molecule has 0 spiro atoms. The molecule has 0 unspecified atom stereocenters. The number of hydrogen-bond acceptors (Lipinski definition) is 4. The molecule has 2 aromatic carbocycles. The van der Waals surface area contributed by atoms with E-state index in [9.17, 15) is 4.79 Å². The average Bonchev–Trinajstić information content (AvgIpc) is 3.00. The van der Waals surface area contributed by atoms with Crippen LogP contribution in [0.1, 0.15) is 17.3 Å². The van der Waals surface area contributed by atoms with E-state index in [-0.39, 0.29) is 17.9 Å². The predicted octanol–water partition coefficient (Wildman–Crippen LogP) is 5.49. The Morgan fingerprint density at radius 2 is 1.75 bits per heavy atom. The molecule has 4 nitrogen and oxygen atoms in total. The second-order valence-electron chi connectivity index (χ2n) is 4.92. The molecule has 0 aliphatic carbocycles. The fraction of sp³-hybridized carbons (Fsp3) is 0.111. The largest absolute Gasteiger partial charge is 0.462 e. The van der Waals surface area contributed by atoms with Gasteiger partial charge in [0.05, 0.1) is 16.7 Å². The van der Waals surface area contributed by atoms with Crippen LogP contribution in [0.5, 0.6) is 0 Å². The molecule has 0 atom stereocenters. The molecule has 1 aromatic heterocycles. The third-order valence-corrected chi connectivity index (χ3v) is 4.04. The lowest BCUT2D eigenvalue weighted by molar-refractivity contribution is 0.0527. The highest BCUT2D eigenvalue weighted by Crippen LogP contribution is 2.39. The number of carbonyl (C=O) groups is 1. The quantitative estimate of drug-likeness (QED) is 0.576. The fourth-order valence-corrected chi connectivity index (χ4v) is 2.94. The zero-order valence-electron chi connectivity index (χ0n) is 12.8. The molecular weight excluding hydrogens is 349 g/mol. The Hall–Kier alpha value is -2.30. The molecule has 3 rings (SSSR count). The summed E-state index contributed by atoms with van der Waals surface area (Å²) in [7, 11) is 0. The first-order valence-electron chi connectivity index (χ1n) is 7.30. The van der Waals surface area contributed by atoms with Crippen molar-refractivity contribution in [1.82, 2.24) is 5.16 Å². The second kappa shape index (κ2) is 7.07. The van der Waals surface area contributed by atoms with Crippen molar-refractivity contribution in [1.29, 1.82) is 0 Å². The zero-order valence-corrected chi connectivity index (χ0v) is 14.3. The Labute approximate surface area is 148 Å². The Morgan fingerprint density at radius 1 is 1.08 bits per heavy atom. The summed E-state index contributed by atoms with van der Waals surface area (Å²) in [5.74, 6) is -0.219. The van der Waals surface area contributed by atoms with Crippen LogP contribution >= 0.6 is 23.2 Å². The van der Waals surface area contributed by atoms with Crippen molar-refractivity contribution in [3.63, 3.8) is 0 Å². The summed E-state index contributed by atoms with van der Waals surface area (Å²) in [6, 6.07) is 14.3. The van der Waals surface area contributed by atoms with Crippen LogP contribution in [0, 0.1) is 0 Å². The first-order valence-corrected chi connectivity index (χ1v) is 8.05. The summed E-state index contributed by atoms with van der Waals surface area (Å²) in [6.45, 7) is 1.96. The minimum Gasteiger partial charge on any atom is -0.462 e. The van der Waals surface area contributed by atoms with Crippen LogP contribution in [0.15, 0.2) is 53.1 Å². The van der Waals surface area contributed by atoms with E-state index in [1.165, 1.54) is 0 Å². The average molecular weight is 362 g/mol. The highest BCUT2D eigenvalue weighted by atomic mass is 35.5. The monoisotopic (exact) mass is 361 g/mol. The molecule has 1 heterocycles. The van der Waals surface area contributed by atoms with Crippen molar-refractivity contribution in [3.8, 4) is 22.6 Å². The van der Waals surface area contributed by atoms with Gasteiger partial charge in [0.1, 0.15) is 11.3 Å². The summed E-state index contributed by atoms with van der Waals surface area (Å²) < 4.78 is 10.6. The lowest BCUT2D eigenvalue weighted by Crippen LogP contribution is -2.07. The molecule has 0 saturated heterocycles. The Balaban J connectivity index is 2.25. The summed E-state index contributed by atoms with van der Waals surface area (Å²) in [5.41, 5.74) is 1.62. The lowest BCUT2D eigenvalue weighted by atomic mass is 10.0. The van der Waals surface area contributed by atoms with Gasteiger partial charge in [0.25, 0.3) is 0 Å². The molecule has 24 heavy (non-hydrogen) atoms. The maximum atomic E-state index is 12.5. The highest BCUT2D eigenvalue weighted by Gasteiger charge is 2.28. The van der Waals surface area contributed by atoms with Crippen LogP contribution in [0.3, 0.4) is 0 Å². The summed E-state index contributed by atoms with van der Waals surface area (Å²) >= 11 is 12.5. The van der Waals surface area contributed by atoms with E-state index in [0.717, 1.165) is 0 Å². The van der Waals surface area contributed by atoms with E-state index in [1.54, 1.807) is 25.1 Å². The van der Waals surface area contributed by atoms with Crippen molar-refractivity contribution in [2.75, 3.05) is 6.61 Å². The fourth-order valence-electron chi connectivity index (χ4n) is 2.36. The molecule has 0 N–H and O–H groups in total. The van der Waals surface area contributed by atoms with Crippen LogP contribution in [0.2, 0.25) is 10.0 Å². The normalized spacial score (nSPS) is 10.6. The third-order valence-electron chi connectivity index (χ3n) is 3.41. The Morgan fingerprint density at radius 3 is 2.38 bits per heavy atom.